The highest BCUT2D eigenvalue weighted by molar-refractivity contribution is 7.73. The van der Waals surface area contributed by atoms with Crippen LogP contribution in [0, 0.1) is 0 Å². The number of methoxy groups -OCH3 is 1. The van der Waals surface area contributed by atoms with E-state index in [1.165, 1.54) is 0 Å². The van der Waals surface area contributed by atoms with Crippen molar-refractivity contribution >= 4 is 12.4 Å². The van der Waals surface area contributed by atoms with E-state index >= 15 is 0 Å². The summed E-state index contributed by atoms with van der Waals surface area (Å²) in [6.07, 6.45) is 0.284. The number of hydrogen-bond acceptors (Lipinski definition) is 3. The summed E-state index contributed by atoms with van der Waals surface area (Å²) in [6.45, 7) is 5.95. The van der Waals surface area contributed by atoms with E-state index in [4.69, 9.17) is 9.47 Å². The zero-order valence-corrected chi connectivity index (χ0v) is 11.0. The fraction of sp³-hybridized carbons (Fsp3) is 0.500. The lowest BCUT2D eigenvalue weighted by molar-refractivity contribution is 0.387. The molecule has 1 aromatic rings. The number of fused-ring (bicyclic) bond motifs is 1. The minimum absolute atomic E-state index is 0.284. The van der Waals surface area contributed by atoms with Crippen molar-refractivity contribution in [2.75, 3.05) is 13.5 Å². The topological polar surface area (TPSA) is 35.5 Å². The maximum absolute atomic E-state index is 13.0. The van der Waals surface area contributed by atoms with Gasteiger partial charge in [0.2, 0.25) is 0 Å². The lowest BCUT2D eigenvalue weighted by Crippen LogP contribution is -2.22. The Hall–Kier alpha value is -0.950. The van der Waals surface area contributed by atoms with Gasteiger partial charge >= 0.3 is 0 Å². The maximum Gasteiger partial charge on any atom is 0.163 e. The summed E-state index contributed by atoms with van der Waals surface area (Å²) in [5.41, 5.74) is 0. The van der Waals surface area contributed by atoms with Gasteiger partial charge < -0.3 is 14.0 Å². The summed E-state index contributed by atoms with van der Waals surface area (Å²) >= 11 is 0. The first-order valence-corrected chi connectivity index (χ1v) is 7.19. The molecule has 1 aliphatic rings. The first-order chi connectivity index (χ1) is 7.40. The first-order valence-electron chi connectivity index (χ1n) is 5.30. The van der Waals surface area contributed by atoms with Crippen molar-refractivity contribution in [3.63, 3.8) is 0 Å². The Morgan fingerprint density at radius 2 is 2.06 bits per heavy atom. The Bertz CT molecular complexity index is 460. The van der Waals surface area contributed by atoms with Crippen LogP contribution in [0.1, 0.15) is 20.8 Å². The molecular formula is C12H17O3P. The quantitative estimate of drug-likeness (QED) is 0.708. The maximum atomic E-state index is 13.0. The van der Waals surface area contributed by atoms with Gasteiger partial charge in [-0.05, 0) is 12.1 Å². The van der Waals surface area contributed by atoms with Crippen LogP contribution < -0.4 is 14.8 Å². The van der Waals surface area contributed by atoms with Gasteiger partial charge in [-0.25, -0.2) is 0 Å². The Balaban J connectivity index is 2.67. The predicted octanol–water partition coefficient (Wildman–Crippen LogP) is 2.83. The first kappa shape index (κ1) is 11.5. The van der Waals surface area contributed by atoms with Gasteiger partial charge in [-0.1, -0.05) is 26.8 Å². The van der Waals surface area contributed by atoms with E-state index in [0.29, 0.717) is 11.5 Å². The average Bonchev–Trinajstić information content (AvgIpc) is 2.57. The molecule has 0 aliphatic carbocycles. The fourth-order valence-electron chi connectivity index (χ4n) is 1.89. The third-order valence-electron chi connectivity index (χ3n) is 3.03. The van der Waals surface area contributed by atoms with Gasteiger partial charge in [0.1, 0.15) is 17.8 Å². The Morgan fingerprint density at radius 1 is 1.38 bits per heavy atom. The molecule has 3 nitrogen and oxygen atoms in total. The molecule has 16 heavy (non-hydrogen) atoms. The normalized spacial score (nSPS) is 23.8. The van der Waals surface area contributed by atoms with E-state index in [9.17, 15) is 4.57 Å². The molecule has 0 bridgehead atoms. The van der Waals surface area contributed by atoms with Gasteiger partial charge in [0.15, 0.2) is 7.14 Å². The fourth-order valence-corrected chi connectivity index (χ4v) is 4.42. The molecule has 1 aromatic carbocycles. The minimum Gasteiger partial charge on any atom is -0.496 e. The summed E-state index contributed by atoms with van der Waals surface area (Å²) in [7, 11) is -0.947. The smallest absolute Gasteiger partial charge is 0.163 e. The molecule has 0 fully saturated rings. The van der Waals surface area contributed by atoms with Crippen molar-refractivity contribution in [1.82, 2.24) is 0 Å². The van der Waals surface area contributed by atoms with Crippen LogP contribution in [0.3, 0.4) is 0 Å². The number of ether oxygens (including phenoxy) is 2. The number of benzene rings is 1. The molecular weight excluding hydrogens is 223 g/mol. The molecule has 0 aromatic heterocycles. The van der Waals surface area contributed by atoms with Crippen molar-refractivity contribution in [3.8, 4) is 11.5 Å². The monoisotopic (exact) mass is 240 g/mol. The molecule has 1 atom stereocenters. The van der Waals surface area contributed by atoms with Crippen molar-refractivity contribution in [3.05, 3.63) is 18.2 Å². The Morgan fingerprint density at radius 3 is 2.62 bits per heavy atom. The molecule has 0 saturated heterocycles. The lowest BCUT2D eigenvalue weighted by atomic mass is 10.3. The highest BCUT2D eigenvalue weighted by atomic mass is 31.2. The largest absolute Gasteiger partial charge is 0.496 e. The van der Waals surface area contributed by atoms with Gasteiger partial charge in [-0.15, -0.1) is 0 Å². The molecule has 4 heteroatoms. The van der Waals surface area contributed by atoms with Crippen molar-refractivity contribution in [1.29, 1.82) is 0 Å². The Labute approximate surface area is 96.1 Å². The zero-order chi connectivity index (χ0) is 12.0. The van der Waals surface area contributed by atoms with Crippen LogP contribution in [0.15, 0.2) is 18.2 Å². The number of hydrogen-bond donors (Lipinski definition) is 0. The van der Waals surface area contributed by atoms with Crippen LogP contribution in [0.25, 0.3) is 0 Å². The van der Waals surface area contributed by atoms with Gasteiger partial charge in [0, 0.05) is 5.16 Å². The zero-order valence-electron chi connectivity index (χ0n) is 10.1. The van der Waals surface area contributed by atoms with Crippen LogP contribution in [-0.2, 0) is 4.57 Å². The van der Waals surface area contributed by atoms with Crippen LogP contribution in [0.4, 0.5) is 0 Å². The van der Waals surface area contributed by atoms with Gasteiger partial charge in [0.05, 0.1) is 12.4 Å². The summed E-state index contributed by atoms with van der Waals surface area (Å²) in [4.78, 5) is 0. The average molecular weight is 240 g/mol. The third-order valence-corrected chi connectivity index (χ3v) is 6.85. The standard InChI is InChI=1S/C12H17O3P/c1-12(2,3)16(13)8-15-10-7-5-6-9(14-4)11(10)16/h5-7H,8H2,1-4H3/t16-/m0/s1. The van der Waals surface area contributed by atoms with Gasteiger partial charge in [0.25, 0.3) is 0 Å². The second-order valence-corrected chi connectivity index (χ2v) is 8.52. The van der Waals surface area contributed by atoms with Crippen molar-refractivity contribution in [2.24, 2.45) is 0 Å². The summed E-state index contributed by atoms with van der Waals surface area (Å²) in [5, 5.41) is 0.470. The molecule has 1 heterocycles. The van der Waals surface area contributed by atoms with Crippen LogP contribution >= 0.6 is 7.14 Å². The summed E-state index contributed by atoms with van der Waals surface area (Å²) in [6, 6.07) is 5.55. The van der Waals surface area contributed by atoms with E-state index < -0.39 is 7.14 Å². The molecule has 0 radical (unpaired) electrons. The second kappa shape index (κ2) is 3.53. The van der Waals surface area contributed by atoms with Crippen molar-refractivity contribution in [2.45, 2.75) is 25.9 Å². The van der Waals surface area contributed by atoms with E-state index in [2.05, 4.69) is 0 Å². The molecule has 88 valence electrons. The van der Waals surface area contributed by atoms with E-state index in [1.54, 1.807) is 7.11 Å². The van der Waals surface area contributed by atoms with E-state index in [0.717, 1.165) is 5.30 Å². The molecule has 0 spiro atoms. The second-order valence-electron chi connectivity index (χ2n) is 4.99. The van der Waals surface area contributed by atoms with Crippen LogP contribution in [0.2, 0.25) is 0 Å². The predicted molar refractivity (Wildman–Crippen MR) is 65.5 cm³/mol. The SMILES string of the molecule is COc1cccc2c1[P@](=O)(C(C)(C)C)CO2. The molecule has 1 aliphatic heterocycles. The van der Waals surface area contributed by atoms with Gasteiger partial charge in [-0.3, -0.25) is 0 Å². The Kier molecular flexibility index (Phi) is 2.54. The molecule has 0 unspecified atom stereocenters. The number of rotatable bonds is 1. The third kappa shape index (κ3) is 1.46. The highest BCUT2D eigenvalue weighted by Gasteiger charge is 2.46. The van der Waals surface area contributed by atoms with E-state index in [-0.39, 0.29) is 11.5 Å². The van der Waals surface area contributed by atoms with Crippen LogP contribution in [-0.4, -0.2) is 18.6 Å². The molecule has 2 rings (SSSR count). The molecule has 0 amide bonds. The summed E-state index contributed by atoms with van der Waals surface area (Å²) in [5.74, 6) is 1.38. The molecule has 0 saturated carbocycles. The summed E-state index contributed by atoms with van der Waals surface area (Å²) < 4.78 is 23.9. The van der Waals surface area contributed by atoms with Crippen molar-refractivity contribution < 1.29 is 14.0 Å². The van der Waals surface area contributed by atoms with Gasteiger partial charge in [-0.2, -0.15) is 0 Å². The lowest BCUT2D eigenvalue weighted by Gasteiger charge is -2.27. The minimum atomic E-state index is -2.55. The highest BCUT2D eigenvalue weighted by Crippen LogP contribution is 2.62. The van der Waals surface area contributed by atoms with E-state index in [1.807, 2.05) is 39.0 Å². The molecule has 0 N–H and O–H groups in total. The van der Waals surface area contributed by atoms with Crippen LogP contribution in [0.5, 0.6) is 11.5 Å².